The molecule has 1 aliphatic heterocycles. The largest absolute Gasteiger partial charge is 0.424 e. The zero-order chi connectivity index (χ0) is 13.9. The van der Waals surface area contributed by atoms with Crippen molar-refractivity contribution >= 4 is 5.69 Å². The number of benzene rings is 1. The average Bonchev–Trinajstić information content (AvgIpc) is 2.86. The lowest BCUT2D eigenvalue weighted by atomic mass is 10.2. The molecule has 1 saturated heterocycles. The van der Waals surface area contributed by atoms with Gasteiger partial charge in [-0.05, 0) is 24.3 Å². The summed E-state index contributed by atoms with van der Waals surface area (Å²) in [5.41, 5.74) is 1.07. The Kier molecular flexibility index (Phi) is 3.64. The molecule has 2 heterocycles. The highest BCUT2D eigenvalue weighted by molar-refractivity contribution is 5.46. The van der Waals surface area contributed by atoms with Gasteiger partial charge in [0.1, 0.15) is 5.82 Å². The first-order chi connectivity index (χ1) is 9.70. The molecule has 106 valence electrons. The summed E-state index contributed by atoms with van der Waals surface area (Å²) in [6.07, 6.45) is 0. The second kappa shape index (κ2) is 5.58. The first-order valence-corrected chi connectivity index (χ1v) is 6.72. The average molecular weight is 276 g/mol. The van der Waals surface area contributed by atoms with Gasteiger partial charge in [-0.3, -0.25) is 4.90 Å². The van der Waals surface area contributed by atoms with Crippen LogP contribution in [0, 0.1) is 12.7 Å². The molecule has 0 bridgehead atoms. The lowest BCUT2D eigenvalue weighted by Gasteiger charge is -2.35. The highest BCUT2D eigenvalue weighted by atomic mass is 19.1. The van der Waals surface area contributed by atoms with Gasteiger partial charge in [-0.15, -0.1) is 10.2 Å². The molecule has 0 spiro atoms. The third kappa shape index (κ3) is 2.96. The Morgan fingerprint density at radius 3 is 2.40 bits per heavy atom. The van der Waals surface area contributed by atoms with Crippen LogP contribution in [-0.2, 0) is 6.54 Å². The lowest BCUT2D eigenvalue weighted by Crippen LogP contribution is -2.46. The maximum absolute atomic E-state index is 12.9. The van der Waals surface area contributed by atoms with Gasteiger partial charge < -0.3 is 9.32 Å². The number of anilines is 1. The van der Waals surface area contributed by atoms with E-state index in [1.165, 1.54) is 12.1 Å². The van der Waals surface area contributed by atoms with Gasteiger partial charge in [0.15, 0.2) is 0 Å². The van der Waals surface area contributed by atoms with Crippen LogP contribution in [-0.4, -0.2) is 41.3 Å². The summed E-state index contributed by atoms with van der Waals surface area (Å²) in [6, 6.07) is 6.66. The second-order valence-corrected chi connectivity index (χ2v) is 4.95. The van der Waals surface area contributed by atoms with Gasteiger partial charge in [0.25, 0.3) is 0 Å². The standard InChI is InChI=1S/C14H17FN4O/c1-11-16-17-14(20-11)10-18-6-8-19(9-7-18)13-4-2-12(15)3-5-13/h2-5H,6-10H2,1H3. The smallest absolute Gasteiger partial charge is 0.230 e. The van der Waals surface area contributed by atoms with Crippen LogP contribution in [0.25, 0.3) is 0 Å². The van der Waals surface area contributed by atoms with E-state index in [9.17, 15) is 4.39 Å². The monoisotopic (exact) mass is 276 g/mol. The predicted octanol–water partition coefficient (Wildman–Crippen LogP) is 1.84. The Morgan fingerprint density at radius 1 is 1.10 bits per heavy atom. The van der Waals surface area contributed by atoms with Gasteiger partial charge in [0.2, 0.25) is 11.8 Å². The van der Waals surface area contributed by atoms with E-state index < -0.39 is 0 Å². The summed E-state index contributed by atoms with van der Waals surface area (Å²) in [7, 11) is 0. The Morgan fingerprint density at radius 2 is 1.80 bits per heavy atom. The zero-order valence-corrected chi connectivity index (χ0v) is 11.4. The van der Waals surface area contributed by atoms with Crippen molar-refractivity contribution in [3.8, 4) is 0 Å². The van der Waals surface area contributed by atoms with E-state index in [2.05, 4.69) is 20.0 Å². The van der Waals surface area contributed by atoms with Gasteiger partial charge in [-0.25, -0.2) is 4.39 Å². The molecule has 0 atom stereocenters. The van der Waals surface area contributed by atoms with Gasteiger partial charge in [0, 0.05) is 38.8 Å². The fourth-order valence-corrected chi connectivity index (χ4v) is 2.41. The van der Waals surface area contributed by atoms with Crippen molar-refractivity contribution in [2.24, 2.45) is 0 Å². The zero-order valence-electron chi connectivity index (χ0n) is 11.4. The molecule has 3 rings (SSSR count). The summed E-state index contributed by atoms with van der Waals surface area (Å²) in [5, 5.41) is 7.85. The van der Waals surface area contributed by atoms with Crippen molar-refractivity contribution in [2.45, 2.75) is 13.5 Å². The van der Waals surface area contributed by atoms with Gasteiger partial charge in [-0.1, -0.05) is 0 Å². The van der Waals surface area contributed by atoms with E-state index in [1.54, 1.807) is 6.92 Å². The second-order valence-electron chi connectivity index (χ2n) is 4.95. The summed E-state index contributed by atoms with van der Waals surface area (Å²) in [6.45, 7) is 6.18. The van der Waals surface area contributed by atoms with E-state index in [-0.39, 0.29) is 5.82 Å². The molecule has 6 heteroatoms. The van der Waals surface area contributed by atoms with Crippen LogP contribution in [0.3, 0.4) is 0 Å². The summed E-state index contributed by atoms with van der Waals surface area (Å²) in [4.78, 5) is 4.54. The predicted molar refractivity (Wildman–Crippen MR) is 72.9 cm³/mol. The Hall–Kier alpha value is -1.95. The topological polar surface area (TPSA) is 45.4 Å². The number of rotatable bonds is 3. The van der Waals surface area contributed by atoms with E-state index in [0.717, 1.165) is 31.9 Å². The molecule has 0 unspecified atom stereocenters. The van der Waals surface area contributed by atoms with Gasteiger partial charge in [0.05, 0.1) is 6.54 Å². The number of aromatic nitrogens is 2. The van der Waals surface area contributed by atoms with Gasteiger partial charge in [-0.2, -0.15) is 0 Å². The molecule has 5 nitrogen and oxygen atoms in total. The van der Waals surface area contributed by atoms with Crippen molar-refractivity contribution in [2.75, 3.05) is 31.1 Å². The molecule has 0 aliphatic carbocycles. The van der Waals surface area contributed by atoms with Crippen molar-refractivity contribution < 1.29 is 8.81 Å². The minimum atomic E-state index is -0.195. The number of hydrogen-bond acceptors (Lipinski definition) is 5. The van der Waals surface area contributed by atoms with Crippen molar-refractivity contribution in [3.05, 3.63) is 41.9 Å². The Balaban J connectivity index is 1.55. The first-order valence-electron chi connectivity index (χ1n) is 6.72. The minimum Gasteiger partial charge on any atom is -0.424 e. The molecule has 0 saturated carbocycles. The number of hydrogen-bond donors (Lipinski definition) is 0. The normalized spacial score (nSPS) is 16.6. The highest BCUT2D eigenvalue weighted by Crippen LogP contribution is 2.17. The van der Waals surface area contributed by atoms with Crippen molar-refractivity contribution in [1.82, 2.24) is 15.1 Å². The molecule has 1 aromatic carbocycles. The Labute approximate surface area is 117 Å². The minimum absolute atomic E-state index is 0.195. The van der Waals surface area contributed by atoms with E-state index in [0.29, 0.717) is 18.3 Å². The number of nitrogens with zero attached hydrogens (tertiary/aromatic N) is 4. The molecular weight excluding hydrogens is 259 g/mol. The van der Waals surface area contributed by atoms with Gasteiger partial charge >= 0.3 is 0 Å². The highest BCUT2D eigenvalue weighted by Gasteiger charge is 2.19. The number of piperazine rings is 1. The first kappa shape index (κ1) is 13.1. The molecular formula is C14H17FN4O. The van der Waals surface area contributed by atoms with E-state index in [1.807, 2.05) is 12.1 Å². The quantitative estimate of drug-likeness (QED) is 0.856. The maximum atomic E-state index is 12.9. The van der Waals surface area contributed by atoms with E-state index in [4.69, 9.17) is 4.42 Å². The molecule has 2 aromatic rings. The SMILES string of the molecule is Cc1nnc(CN2CCN(c3ccc(F)cc3)CC2)o1. The van der Waals surface area contributed by atoms with Crippen LogP contribution in [0.4, 0.5) is 10.1 Å². The summed E-state index contributed by atoms with van der Waals surface area (Å²) >= 11 is 0. The third-order valence-corrected chi connectivity index (χ3v) is 3.49. The molecule has 0 radical (unpaired) electrons. The van der Waals surface area contributed by atoms with E-state index >= 15 is 0 Å². The fourth-order valence-electron chi connectivity index (χ4n) is 2.41. The summed E-state index contributed by atoms with van der Waals surface area (Å²) in [5.74, 6) is 1.07. The molecule has 1 aliphatic rings. The van der Waals surface area contributed by atoms with Crippen LogP contribution >= 0.6 is 0 Å². The number of aryl methyl sites for hydroxylation is 1. The lowest BCUT2D eigenvalue weighted by molar-refractivity contribution is 0.225. The van der Waals surface area contributed by atoms with Crippen LogP contribution in [0.2, 0.25) is 0 Å². The Bertz CT molecular complexity index is 561. The van der Waals surface area contributed by atoms with Crippen LogP contribution in [0.1, 0.15) is 11.8 Å². The molecule has 1 aromatic heterocycles. The maximum Gasteiger partial charge on any atom is 0.230 e. The molecule has 20 heavy (non-hydrogen) atoms. The van der Waals surface area contributed by atoms with Crippen LogP contribution in [0.15, 0.2) is 28.7 Å². The van der Waals surface area contributed by atoms with Crippen LogP contribution < -0.4 is 4.90 Å². The number of halogens is 1. The van der Waals surface area contributed by atoms with Crippen molar-refractivity contribution in [1.29, 1.82) is 0 Å². The molecule has 0 amide bonds. The summed E-state index contributed by atoms with van der Waals surface area (Å²) < 4.78 is 18.3. The fraction of sp³-hybridized carbons (Fsp3) is 0.429. The molecule has 1 fully saturated rings. The van der Waals surface area contributed by atoms with Crippen LogP contribution in [0.5, 0.6) is 0 Å². The van der Waals surface area contributed by atoms with Crippen molar-refractivity contribution in [3.63, 3.8) is 0 Å². The third-order valence-electron chi connectivity index (χ3n) is 3.49. The molecule has 0 N–H and O–H groups in total.